The molecule has 0 atom stereocenters. The van der Waals surface area contributed by atoms with Gasteiger partial charge in [0.05, 0.1) is 15.6 Å². The van der Waals surface area contributed by atoms with Gasteiger partial charge in [-0.15, -0.1) is 0 Å². The number of hydrogen-bond donors (Lipinski definition) is 3. The number of rotatable bonds is 7. The van der Waals surface area contributed by atoms with Gasteiger partial charge in [0.1, 0.15) is 11.6 Å². The molecule has 0 spiro atoms. The fraction of sp³-hybridized carbons (Fsp3) is 0.211. The van der Waals surface area contributed by atoms with Crippen molar-refractivity contribution in [3.63, 3.8) is 0 Å². The minimum Gasteiger partial charge on any atom is -0.354 e. The van der Waals surface area contributed by atoms with Crippen molar-refractivity contribution in [1.82, 2.24) is 15.3 Å². The molecule has 0 saturated heterocycles. The van der Waals surface area contributed by atoms with Crippen molar-refractivity contribution in [3.8, 4) is 6.07 Å². The van der Waals surface area contributed by atoms with Crippen molar-refractivity contribution in [1.29, 1.82) is 5.26 Å². The maximum absolute atomic E-state index is 11.3. The monoisotopic (exact) mass is 428 g/mol. The van der Waals surface area contributed by atoms with Crippen LogP contribution in [-0.4, -0.2) is 24.9 Å². The Hall–Kier alpha value is -2.87. The van der Waals surface area contributed by atoms with Crippen molar-refractivity contribution < 1.29 is 8.42 Å². The van der Waals surface area contributed by atoms with Crippen LogP contribution in [0.4, 0.5) is 5.95 Å². The number of benzene rings is 1. The van der Waals surface area contributed by atoms with E-state index >= 15 is 0 Å². The number of nitrogens with two attached hydrogens (primary N) is 1. The molecule has 1 aromatic carbocycles. The molecule has 4 N–H and O–H groups in total. The molecule has 1 aliphatic rings. The molecule has 0 amide bonds. The molecule has 0 radical (unpaired) electrons. The molecule has 29 heavy (non-hydrogen) atoms. The number of nitriles is 1. The van der Waals surface area contributed by atoms with Crippen molar-refractivity contribution in [3.05, 3.63) is 63.9 Å². The molecule has 8 nitrogen and oxygen atoms in total. The Balaban J connectivity index is 1.65. The molecule has 1 aliphatic heterocycles. The highest BCUT2D eigenvalue weighted by atomic mass is 32.2. The zero-order valence-electron chi connectivity index (χ0n) is 15.7. The number of primary sulfonamides is 1. The summed E-state index contributed by atoms with van der Waals surface area (Å²) in [5, 5.41) is 23.8. The van der Waals surface area contributed by atoms with Gasteiger partial charge in [-0.05, 0) is 42.0 Å². The van der Waals surface area contributed by atoms with E-state index in [0.717, 1.165) is 22.7 Å². The third kappa shape index (κ3) is 5.35. The largest absolute Gasteiger partial charge is 0.354 e. The topological polar surface area (TPSA) is 134 Å². The van der Waals surface area contributed by atoms with E-state index < -0.39 is 10.0 Å². The fourth-order valence-electron chi connectivity index (χ4n) is 2.60. The van der Waals surface area contributed by atoms with Crippen molar-refractivity contribution in [2.24, 2.45) is 5.14 Å². The second-order valence-electron chi connectivity index (χ2n) is 6.19. The molecule has 2 aromatic rings. The first-order chi connectivity index (χ1) is 13.9. The summed E-state index contributed by atoms with van der Waals surface area (Å²) in [6.45, 7) is 2.59. The number of hydrogen-bond acceptors (Lipinski definition) is 8. The van der Waals surface area contributed by atoms with Gasteiger partial charge in [0.15, 0.2) is 0 Å². The van der Waals surface area contributed by atoms with E-state index in [1.54, 1.807) is 24.4 Å². The Morgan fingerprint density at radius 1 is 1.31 bits per heavy atom. The van der Waals surface area contributed by atoms with Gasteiger partial charge in [-0.25, -0.2) is 23.5 Å². The third-order valence-electron chi connectivity index (χ3n) is 4.17. The number of anilines is 1. The van der Waals surface area contributed by atoms with E-state index in [4.69, 9.17) is 5.14 Å². The van der Waals surface area contributed by atoms with Crippen molar-refractivity contribution in [2.75, 3.05) is 11.9 Å². The van der Waals surface area contributed by atoms with E-state index in [-0.39, 0.29) is 4.90 Å². The minimum atomic E-state index is -3.69. The Morgan fingerprint density at radius 3 is 2.69 bits per heavy atom. The van der Waals surface area contributed by atoms with Crippen LogP contribution in [-0.2, 0) is 16.4 Å². The lowest BCUT2D eigenvalue weighted by Crippen LogP contribution is -2.12. The van der Waals surface area contributed by atoms with E-state index in [9.17, 15) is 13.7 Å². The highest BCUT2D eigenvalue weighted by Crippen LogP contribution is 2.31. The molecular formula is C19H20N6O2S2. The Morgan fingerprint density at radius 2 is 2.07 bits per heavy atom. The lowest BCUT2D eigenvalue weighted by molar-refractivity contribution is 0.598. The molecule has 10 heteroatoms. The number of thioether (sulfide) groups is 1. The maximum Gasteiger partial charge on any atom is 0.238 e. The molecule has 1 aromatic heterocycles. The lowest BCUT2D eigenvalue weighted by Gasteiger charge is -2.08. The number of nitrogens with one attached hydrogen (secondary N) is 2. The average Bonchev–Trinajstić information content (AvgIpc) is 3.18. The van der Waals surface area contributed by atoms with Gasteiger partial charge >= 0.3 is 0 Å². The summed E-state index contributed by atoms with van der Waals surface area (Å²) in [6, 6.07) is 10.3. The van der Waals surface area contributed by atoms with E-state index in [2.05, 4.69) is 26.7 Å². The molecule has 3 rings (SSSR count). The van der Waals surface area contributed by atoms with Crippen LogP contribution >= 0.6 is 11.8 Å². The zero-order chi connectivity index (χ0) is 20.9. The summed E-state index contributed by atoms with van der Waals surface area (Å²) in [4.78, 5) is 8.73. The Kier molecular flexibility index (Phi) is 6.53. The second kappa shape index (κ2) is 9.09. The Bertz CT molecular complexity index is 1100. The van der Waals surface area contributed by atoms with E-state index in [0.29, 0.717) is 30.2 Å². The van der Waals surface area contributed by atoms with Crippen LogP contribution in [0.3, 0.4) is 0 Å². The molecular weight excluding hydrogens is 408 g/mol. The van der Waals surface area contributed by atoms with Crippen molar-refractivity contribution >= 4 is 33.3 Å². The summed E-state index contributed by atoms with van der Waals surface area (Å²) in [7, 11) is -3.69. The molecule has 0 saturated carbocycles. The van der Waals surface area contributed by atoms with Gasteiger partial charge in [-0.2, -0.15) is 5.26 Å². The Labute approximate surface area is 174 Å². The minimum absolute atomic E-state index is 0.0847. The van der Waals surface area contributed by atoms with E-state index in [1.165, 1.54) is 23.9 Å². The van der Waals surface area contributed by atoms with Crippen LogP contribution < -0.4 is 15.8 Å². The van der Waals surface area contributed by atoms with Crippen LogP contribution in [0.25, 0.3) is 5.57 Å². The van der Waals surface area contributed by atoms with Gasteiger partial charge in [0, 0.05) is 18.4 Å². The molecule has 150 valence electrons. The standard InChI is InChI=1S/C19H20N6O2S2/c1-2-14-12-28-18(24-14)16(11-20)17-8-10-23-19(25-17)22-9-7-13-3-5-15(6-4-13)29(21,26)27/h3-6,8,10,12,24H,2,7,9H2,1H3,(H2,21,26,27)(H,22,23,25)/b18-16-. The van der Waals surface area contributed by atoms with E-state index in [1.807, 2.05) is 12.3 Å². The molecule has 0 fully saturated rings. The average molecular weight is 429 g/mol. The molecule has 2 heterocycles. The smallest absolute Gasteiger partial charge is 0.238 e. The quantitative estimate of drug-likeness (QED) is 0.573. The number of nitrogens with zero attached hydrogens (tertiary/aromatic N) is 3. The lowest BCUT2D eigenvalue weighted by atomic mass is 10.1. The van der Waals surface area contributed by atoms with Gasteiger partial charge < -0.3 is 10.6 Å². The summed E-state index contributed by atoms with van der Waals surface area (Å²) >= 11 is 1.48. The van der Waals surface area contributed by atoms with Gasteiger partial charge in [0.2, 0.25) is 16.0 Å². The fourth-order valence-corrected chi connectivity index (χ4v) is 4.06. The van der Waals surface area contributed by atoms with Crippen molar-refractivity contribution in [2.45, 2.75) is 24.7 Å². The summed E-state index contributed by atoms with van der Waals surface area (Å²) < 4.78 is 22.6. The third-order valence-corrected chi connectivity index (χ3v) is 6.05. The maximum atomic E-state index is 11.3. The van der Waals surface area contributed by atoms with Gasteiger partial charge in [0.25, 0.3) is 0 Å². The van der Waals surface area contributed by atoms with Crippen LogP contribution in [0, 0.1) is 11.3 Å². The number of sulfonamides is 1. The highest BCUT2D eigenvalue weighted by molar-refractivity contribution is 8.06. The van der Waals surface area contributed by atoms with Crippen LogP contribution in [0.15, 0.2) is 57.6 Å². The molecule has 0 aliphatic carbocycles. The first kappa shape index (κ1) is 20.9. The molecule has 0 unspecified atom stereocenters. The predicted octanol–water partition coefficient (Wildman–Crippen LogP) is 2.56. The normalized spacial score (nSPS) is 15.3. The first-order valence-electron chi connectivity index (χ1n) is 8.87. The first-order valence-corrected chi connectivity index (χ1v) is 11.3. The van der Waals surface area contributed by atoms with Crippen LogP contribution in [0.1, 0.15) is 24.6 Å². The predicted molar refractivity (Wildman–Crippen MR) is 114 cm³/mol. The SMILES string of the molecule is CCC1=CS/C(=C(/C#N)c2ccnc(NCCc3ccc(S(N)(=O)=O)cc3)n2)N1. The number of aromatic nitrogens is 2. The second-order valence-corrected chi connectivity index (χ2v) is 8.63. The van der Waals surface area contributed by atoms with Crippen LogP contribution in [0.2, 0.25) is 0 Å². The summed E-state index contributed by atoms with van der Waals surface area (Å²) in [6.07, 6.45) is 3.12. The summed E-state index contributed by atoms with van der Waals surface area (Å²) in [5.41, 5.74) is 3.03. The molecule has 0 bridgehead atoms. The van der Waals surface area contributed by atoms with Gasteiger partial charge in [-0.1, -0.05) is 30.8 Å². The zero-order valence-corrected chi connectivity index (χ0v) is 17.3. The van der Waals surface area contributed by atoms with Crippen LogP contribution in [0.5, 0.6) is 0 Å². The summed E-state index contributed by atoms with van der Waals surface area (Å²) in [5.74, 6) is 0.420. The highest BCUT2D eigenvalue weighted by Gasteiger charge is 2.16. The number of allylic oxidation sites excluding steroid dienone is 2. The van der Waals surface area contributed by atoms with Gasteiger partial charge in [-0.3, -0.25) is 0 Å².